The molecule has 2 heterocycles. The van der Waals surface area contributed by atoms with Crippen molar-refractivity contribution in [3.63, 3.8) is 0 Å². The summed E-state index contributed by atoms with van der Waals surface area (Å²) in [4.78, 5) is 12.0. The Morgan fingerprint density at radius 3 is 3.11 bits per heavy atom. The molecular weight excluding hydrogens is 280 g/mol. The molecule has 0 spiro atoms. The van der Waals surface area contributed by atoms with Crippen LogP contribution in [0.3, 0.4) is 0 Å². The van der Waals surface area contributed by atoms with Crippen molar-refractivity contribution >= 4 is 39.7 Å². The van der Waals surface area contributed by atoms with E-state index in [1.807, 2.05) is 18.2 Å². The minimum Gasteiger partial charge on any atom is -0.350 e. The van der Waals surface area contributed by atoms with Crippen molar-refractivity contribution in [2.24, 2.45) is 0 Å². The van der Waals surface area contributed by atoms with Crippen LogP contribution in [0.15, 0.2) is 29.6 Å². The van der Waals surface area contributed by atoms with Gasteiger partial charge in [0.15, 0.2) is 0 Å². The number of benzene rings is 1. The van der Waals surface area contributed by atoms with Crippen LogP contribution in [0.4, 0.5) is 0 Å². The number of hydrogen-bond acceptors (Lipinski definition) is 3. The number of nitrogens with one attached hydrogen (secondary N) is 2. The average Bonchev–Trinajstić information content (AvgIpc) is 3.05. The van der Waals surface area contributed by atoms with Crippen molar-refractivity contribution in [3.8, 4) is 0 Å². The fourth-order valence-electron chi connectivity index (χ4n) is 2.36. The zero-order valence-electron chi connectivity index (χ0n) is 10.5. The van der Waals surface area contributed by atoms with Crippen molar-refractivity contribution in [1.29, 1.82) is 0 Å². The lowest BCUT2D eigenvalue weighted by Gasteiger charge is -2.11. The Kier molecular flexibility index (Phi) is 4.80. The van der Waals surface area contributed by atoms with E-state index in [2.05, 4.69) is 22.1 Å². The molecule has 1 unspecified atom stereocenters. The second-order valence-corrected chi connectivity index (χ2v) is 5.62. The van der Waals surface area contributed by atoms with Crippen molar-refractivity contribution in [3.05, 3.63) is 35.2 Å². The minimum atomic E-state index is 0. The van der Waals surface area contributed by atoms with Gasteiger partial charge in [-0.2, -0.15) is 0 Å². The van der Waals surface area contributed by atoms with Crippen LogP contribution >= 0.6 is 23.7 Å². The summed E-state index contributed by atoms with van der Waals surface area (Å²) in [7, 11) is 0. The van der Waals surface area contributed by atoms with Gasteiger partial charge in [0.25, 0.3) is 5.91 Å². The topological polar surface area (TPSA) is 41.1 Å². The van der Waals surface area contributed by atoms with Gasteiger partial charge in [0, 0.05) is 22.8 Å². The first-order valence-electron chi connectivity index (χ1n) is 6.32. The van der Waals surface area contributed by atoms with Crippen LogP contribution in [0.2, 0.25) is 0 Å². The molecule has 5 heteroatoms. The minimum absolute atomic E-state index is 0. The standard InChI is InChI=1S/C14H16N2OS.ClH/c17-14(16-9-12-2-1-6-15-12)11-3-4-13-10(8-11)5-7-18-13;/h3-5,7-8,12,15H,1-2,6,9H2,(H,16,17);1H. The van der Waals surface area contributed by atoms with Crippen LogP contribution < -0.4 is 10.6 Å². The molecule has 19 heavy (non-hydrogen) atoms. The molecule has 0 radical (unpaired) electrons. The van der Waals surface area contributed by atoms with E-state index >= 15 is 0 Å². The van der Waals surface area contributed by atoms with Crippen LogP contribution in [0.5, 0.6) is 0 Å². The number of amides is 1. The van der Waals surface area contributed by atoms with Gasteiger partial charge in [-0.15, -0.1) is 23.7 Å². The Hall–Kier alpha value is -1.10. The lowest BCUT2D eigenvalue weighted by molar-refractivity contribution is 0.0950. The first-order chi connectivity index (χ1) is 8.83. The highest BCUT2D eigenvalue weighted by molar-refractivity contribution is 7.17. The third-order valence-electron chi connectivity index (χ3n) is 3.39. The summed E-state index contributed by atoms with van der Waals surface area (Å²) in [5.74, 6) is 0.0248. The van der Waals surface area contributed by atoms with Gasteiger partial charge < -0.3 is 10.6 Å². The molecular formula is C14H17ClN2OS. The third-order valence-corrected chi connectivity index (χ3v) is 4.28. The van der Waals surface area contributed by atoms with Gasteiger partial charge in [-0.05, 0) is 54.4 Å². The molecule has 1 aromatic heterocycles. The molecule has 2 aromatic rings. The summed E-state index contributed by atoms with van der Waals surface area (Å²) in [6.45, 7) is 1.79. The first-order valence-corrected chi connectivity index (χ1v) is 7.20. The van der Waals surface area contributed by atoms with Crippen molar-refractivity contribution < 1.29 is 4.79 Å². The molecule has 1 aromatic carbocycles. The highest BCUT2D eigenvalue weighted by Crippen LogP contribution is 2.21. The summed E-state index contributed by atoms with van der Waals surface area (Å²) >= 11 is 1.70. The summed E-state index contributed by atoms with van der Waals surface area (Å²) in [6.07, 6.45) is 2.37. The number of fused-ring (bicyclic) bond motifs is 1. The maximum absolute atomic E-state index is 12.0. The van der Waals surface area contributed by atoms with Gasteiger partial charge in [0.1, 0.15) is 0 Å². The number of rotatable bonds is 3. The Morgan fingerprint density at radius 1 is 1.42 bits per heavy atom. The molecule has 0 saturated carbocycles. The second kappa shape index (κ2) is 6.37. The van der Waals surface area contributed by atoms with Gasteiger partial charge in [-0.3, -0.25) is 4.79 Å². The predicted octanol–water partition coefficient (Wildman–Crippen LogP) is 2.80. The zero-order chi connectivity index (χ0) is 12.4. The first kappa shape index (κ1) is 14.3. The van der Waals surface area contributed by atoms with Crippen molar-refractivity contribution in [2.75, 3.05) is 13.1 Å². The SMILES string of the molecule is Cl.O=C(NCC1CCCN1)c1ccc2sccc2c1. The van der Waals surface area contributed by atoms with E-state index in [-0.39, 0.29) is 18.3 Å². The molecule has 1 aliphatic rings. The molecule has 0 bridgehead atoms. The summed E-state index contributed by atoms with van der Waals surface area (Å²) in [6, 6.07) is 8.37. The lowest BCUT2D eigenvalue weighted by Crippen LogP contribution is -2.37. The van der Waals surface area contributed by atoms with E-state index in [9.17, 15) is 4.79 Å². The predicted molar refractivity (Wildman–Crippen MR) is 82.4 cm³/mol. The molecule has 1 atom stereocenters. The van der Waals surface area contributed by atoms with Crippen LogP contribution in [0, 0.1) is 0 Å². The fraction of sp³-hybridized carbons (Fsp3) is 0.357. The maximum Gasteiger partial charge on any atom is 0.251 e. The average molecular weight is 297 g/mol. The lowest BCUT2D eigenvalue weighted by atomic mass is 10.1. The molecule has 1 amide bonds. The quantitative estimate of drug-likeness (QED) is 0.914. The normalized spacial score (nSPS) is 18.2. The number of carbonyl (C=O) groups is 1. The summed E-state index contributed by atoms with van der Waals surface area (Å²) in [5.41, 5.74) is 0.749. The number of hydrogen-bond donors (Lipinski definition) is 2. The molecule has 0 aliphatic carbocycles. The number of halogens is 1. The number of thiophene rings is 1. The van der Waals surface area contributed by atoms with Gasteiger partial charge in [-0.25, -0.2) is 0 Å². The fourth-order valence-corrected chi connectivity index (χ4v) is 3.13. The maximum atomic E-state index is 12.0. The van der Waals surface area contributed by atoms with E-state index in [0.717, 1.165) is 30.5 Å². The highest BCUT2D eigenvalue weighted by Gasteiger charge is 2.15. The van der Waals surface area contributed by atoms with Crippen LogP contribution in [-0.2, 0) is 0 Å². The van der Waals surface area contributed by atoms with Crippen molar-refractivity contribution in [2.45, 2.75) is 18.9 Å². The van der Waals surface area contributed by atoms with Gasteiger partial charge in [-0.1, -0.05) is 0 Å². The Bertz CT molecular complexity index is 563. The molecule has 3 rings (SSSR count). The van der Waals surface area contributed by atoms with Gasteiger partial charge in [0.05, 0.1) is 0 Å². The van der Waals surface area contributed by atoms with Gasteiger partial charge in [0.2, 0.25) is 0 Å². The summed E-state index contributed by atoms with van der Waals surface area (Å²) in [5, 5.41) is 9.57. The zero-order valence-corrected chi connectivity index (χ0v) is 12.2. The smallest absolute Gasteiger partial charge is 0.251 e. The molecule has 1 fully saturated rings. The van der Waals surface area contributed by atoms with Crippen LogP contribution in [-0.4, -0.2) is 25.0 Å². The van der Waals surface area contributed by atoms with Gasteiger partial charge >= 0.3 is 0 Å². The van der Waals surface area contributed by atoms with E-state index in [0.29, 0.717) is 6.04 Å². The van der Waals surface area contributed by atoms with E-state index in [1.54, 1.807) is 11.3 Å². The van der Waals surface area contributed by atoms with E-state index in [4.69, 9.17) is 0 Å². The van der Waals surface area contributed by atoms with E-state index < -0.39 is 0 Å². The number of carbonyl (C=O) groups excluding carboxylic acids is 1. The molecule has 2 N–H and O–H groups in total. The second-order valence-electron chi connectivity index (χ2n) is 4.68. The monoisotopic (exact) mass is 296 g/mol. The Labute approximate surface area is 122 Å². The van der Waals surface area contributed by atoms with Crippen LogP contribution in [0.25, 0.3) is 10.1 Å². The van der Waals surface area contributed by atoms with Crippen molar-refractivity contribution in [1.82, 2.24) is 10.6 Å². The Morgan fingerprint density at radius 2 is 2.32 bits per heavy atom. The molecule has 1 aliphatic heterocycles. The molecule has 3 nitrogen and oxygen atoms in total. The third kappa shape index (κ3) is 3.26. The summed E-state index contributed by atoms with van der Waals surface area (Å²) < 4.78 is 1.23. The van der Waals surface area contributed by atoms with Crippen LogP contribution in [0.1, 0.15) is 23.2 Å². The van der Waals surface area contributed by atoms with E-state index in [1.165, 1.54) is 11.1 Å². The molecule has 1 saturated heterocycles. The molecule has 102 valence electrons. The largest absolute Gasteiger partial charge is 0.350 e. The highest BCUT2D eigenvalue weighted by atomic mass is 35.5. The Balaban J connectivity index is 0.00000133.